The van der Waals surface area contributed by atoms with Gasteiger partial charge in [-0.1, -0.05) is 12.1 Å². The quantitative estimate of drug-likeness (QED) is 0.144. The maximum atomic E-state index is 11.8. The van der Waals surface area contributed by atoms with E-state index in [1.165, 1.54) is 4.90 Å². The van der Waals surface area contributed by atoms with Gasteiger partial charge in [0.15, 0.2) is 0 Å². The van der Waals surface area contributed by atoms with Crippen LogP contribution in [0, 0.1) is 0 Å². The van der Waals surface area contributed by atoms with Crippen LogP contribution in [0.3, 0.4) is 0 Å². The Balaban J connectivity index is 3.39. The van der Waals surface area contributed by atoms with E-state index in [9.17, 15) is 49.5 Å². The van der Waals surface area contributed by atoms with Crippen molar-refractivity contribution in [1.82, 2.24) is 14.7 Å². The first-order valence-electron chi connectivity index (χ1n) is 11.8. The fraction of sp³-hybridized carbons (Fsp3) is 0.542. The Kier molecular flexibility index (Phi) is 13.7. The van der Waals surface area contributed by atoms with Crippen molar-refractivity contribution in [1.29, 1.82) is 0 Å². The molecule has 0 saturated carbocycles. The van der Waals surface area contributed by atoms with E-state index in [1.807, 2.05) is 6.92 Å². The third-order valence-electron chi connectivity index (χ3n) is 5.49. The smallest absolute Gasteiger partial charge is 0.317 e. The normalized spacial score (nSPS) is 12.9. The molecule has 0 amide bonds. The number of nitrogens with zero attached hydrogens (tertiary/aromatic N) is 3. The highest BCUT2D eigenvalue weighted by atomic mass is 16.5. The van der Waals surface area contributed by atoms with Crippen molar-refractivity contribution in [2.45, 2.75) is 32.4 Å². The van der Waals surface area contributed by atoms with E-state index in [4.69, 9.17) is 4.74 Å². The largest absolute Gasteiger partial charge is 0.494 e. The van der Waals surface area contributed by atoms with Crippen molar-refractivity contribution in [2.24, 2.45) is 0 Å². The highest BCUT2D eigenvalue weighted by molar-refractivity contribution is 5.73. The zero-order chi connectivity index (χ0) is 28.8. The van der Waals surface area contributed by atoms with Gasteiger partial charge in [-0.3, -0.25) is 38.7 Å². The summed E-state index contributed by atoms with van der Waals surface area (Å²) in [6.07, 6.45) is 0.192. The zero-order valence-electron chi connectivity index (χ0n) is 21.4. The van der Waals surface area contributed by atoms with E-state index < -0.39 is 74.7 Å². The van der Waals surface area contributed by atoms with E-state index in [2.05, 4.69) is 0 Å². The van der Waals surface area contributed by atoms with E-state index >= 15 is 0 Å². The summed E-state index contributed by atoms with van der Waals surface area (Å²) in [6, 6.07) is 5.51. The Morgan fingerprint density at radius 1 is 0.711 bits per heavy atom. The summed E-state index contributed by atoms with van der Waals surface area (Å²) >= 11 is 0. The Labute approximate surface area is 219 Å². The molecule has 0 radical (unpaired) electrons. The third-order valence-corrected chi connectivity index (χ3v) is 5.49. The van der Waals surface area contributed by atoms with Crippen LogP contribution in [-0.2, 0) is 30.4 Å². The maximum Gasteiger partial charge on any atom is 0.317 e. The minimum Gasteiger partial charge on any atom is -0.494 e. The van der Waals surface area contributed by atoms with E-state index in [0.29, 0.717) is 12.4 Å². The van der Waals surface area contributed by atoms with Crippen LogP contribution in [0.2, 0.25) is 0 Å². The van der Waals surface area contributed by atoms with Crippen molar-refractivity contribution < 1.29 is 54.2 Å². The highest BCUT2D eigenvalue weighted by Gasteiger charge is 2.31. The molecule has 38 heavy (non-hydrogen) atoms. The zero-order valence-corrected chi connectivity index (χ0v) is 21.4. The molecule has 0 unspecified atom stereocenters. The van der Waals surface area contributed by atoms with E-state index in [-0.39, 0.29) is 19.5 Å². The first kappa shape index (κ1) is 32.3. The number of aliphatic carboxylic acids is 5. The predicted octanol–water partition coefficient (Wildman–Crippen LogP) is -0.286. The summed E-state index contributed by atoms with van der Waals surface area (Å²) in [5.41, 5.74) is 0.736. The molecule has 14 nitrogen and oxygen atoms in total. The molecule has 1 aromatic rings. The van der Waals surface area contributed by atoms with Gasteiger partial charge in [-0.2, -0.15) is 0 Å². The standard InChI is InChI=1S/C24H35N3O11/c1-3-38-19-6-4-17(5-7-19)8-18(10-26(13-22(32)33)14-23(34)35)27(15-24(36)37)16(2)9-25(11-20(28)29)12-21(30)31/h4-7,16,18H,3,8-15H2,1-2H3,(H,28,29)(H,30,31)(H,32,33)(H,34,35)(H,36,37)/t16-,18-/m1/s1. The molecule has 0 aromatic heterocycles. The second-order valence-electron chi connectivity index (χ2n) is 8.76. The number of carboxylic acids is 5. The second-order valence-corrected chi connectivity index (χ2v) is 8.76. The second kappa shape index (κ2) is 16.2. The van der Waals surface area contributed by atoms with Crippen LogP contribution < -0.4 is 4.74 Å². The fourth-order valence-corrected chi connectivity index (χ4v) is 4.16. The lowest BCUT2D eigenvalue weighted by atomic mass is 10.0. The number of ether oxygens (including phenoxy) is 1. The first-order valence-corrected chi connectivity index (χ1v) is 11.8. The lowest BCUT2D eigenvalue weighted by Crippen LogP contribution is -2.55. The molecule has 2 atom stereocenters. The first-order chi connectivity index (χ1) is 17.8. The predicted molar refractivity (Wildman–Crippen MR) is 132 cm³/mol. The van der Waals surface area contributed by atoms with Crippen LogP contribution in [-0.4, -0.2) is 135 Å². The Bertz CT molecular complexity index is 922. The Morgan fingerprint density at radius 2 is 1.13 bits per heavy atom. The van der Waals surface area contributed by atoms with Crippen LogP contribution in [0.4, 0.5) is 0 Å². The third kappa shape index (κ3) is 13.0. The summed E-state index contributed by atoms with van der Waals surface area (Å²) in [7, 11) is 0. The number of benzene rings is 1. The lowest BCUT2D eigenvalue weighted by molar-refractivity contribution is -0.144. The van der Waals surface area contributed by atoms with E-state index in [0.717, 1.165) is 15.4 Å². The maximum absolute atomic E-state index is 11.8. The fourth-order valence-electron chi connectivity index (χ4n) is 4.16. The minimum absolute atomic E-state index is 0.122. The van der Waals surface area contributed by atoms with Gasteiger partial charge in [-0.05, 0) is 38.0 Å². The lowest BCUT2D eigenvalue weighted by Gasteiger charge is -2.39. The Morgan fingerprint density at radius 3 is 1.53 bits per heavy atom. The summed E-state index contributed by atoms with van der Waals surface area (Å²) in [4.78, 5) is 60.9. The van der Waals surface area contributed by atoms with Crippen molar-refractivity contribution in [3.8, 4) is 5.75 Å². The number of hydrogen-bond donors (Lipinski definition) is 5. The van der Waals surface area contributed by atoms with Gasteiger partial charge in [-0.15, -0.1) is 0 Å². The van der Waals surface area contributed by atoms with Crippen molar-refractivity contribution >= 4 is 29.8 Å². The van der Waals surface area contributed by atoms with Crippen LogP contribution >= 0.6 is 0 Å². The monoisotopic (exact) mass is 541 g/mol. The summed E-state index contributed by atoms with van der Waals surface area (Å²) in [5.74, 6) is -5.66. The van der Waals surface area contributed by atoms with Gasteiger partial charge in [0.25, 0.3) is 0 Å². The Hall–Kier alpha value is -3.75. The summed E-state index contributed by atoms with van der Waals surface area (Å²) in [6.45, 7) is 0.688. The van der Waals surface area contributed by atoms with Gasteiger partial charge < -0.3 is 30.3 Å². The molecule has 1 aromatic carbocycles. The molecular weight excluding hydrogens is 506 g/mol. The molecule has 1 rings (SSSR count). The van der Waals surface area contributed by atoms with Gasteiger partial charge in [0.2, 0.25) is 0 Å². The van der Waals surface area contributed by atoms with Gasteiger partial charge in [-0.25, -0.2) is 0 Å². The van der Waals surface area contributed by atoms with Gasteiger partial charge in [0.1, 0.15) is 5.75 Å². The van der Waals surface area contributed by atoms with Gasteiger partial charge in [0, 0.05) is 25.2 Å². The van der Waals surface area contributed by atoms with Crippen LogP contribution in [0.25, 0.3) is 0 Å². The number of carbonyl (C=O) groups is 5. The van der Waals surface area contributed by atoms with Crippen LogP contribution in [0.15, 0.2) is 24.3 Å². The number of rotatable bonds is 20. The minimum atomic E-state index is -1.27. The molecule has 0 bridgehead atoms. The van der Waals surface area contributed by atoms with Crippen molar-refractivity contribution in [2.75, 3.05) is 52.4 Å². The van der Waals surface area contributed by atoms with Gasteiger partial charge in [0.05, 0.1) is 39.3 Å². The number of carboxylic acid groups (broad SMARTS) is 5. The van der Waals surface area contributed by atoms with Crippen LogP contribution in [0.1, 0.15) is 19.4 Å². The molecule has 0 aliphatic heterocycles. The van der Waals surface area contributed by atoms with Gasteiger partial charge >= 0.3 is 29.8 Å². The molecule has 0 heterocycles. The summed E-state index contributed by atoms with van der Waals surface area (Å²) in [5, 5.41) is 46.6. The van der Waals surface area contributed by atoms with Crippen molar-refractivity contribution in [3.63, 3.8) is 0 Å². The molecule has 212 valence electrons. The van der Waals surface area contributed by atoms with Crippen LogP contribution in [0.5, 0.6) is 5.75 Å². The molecular formula is C24H35N3O11. The average Bonchev–Trinajstić information content (AvgIpc) is 2.76. The molecule has 0 spiro atoms. The molecule has 5 N–H and O–H groups in total. The molecule has 0 fully saturated rings. The molecule has 14 heteroatoms. The molecule has 0 aliphatic rings. The average molecular weight is 542 g/mol. The van der Waals surface area contributed by atoms with E-state index in [1.54, 1.807) is 31.2 Å². The SMILES string of the molecule is CCOc1ccc(C[C@H](CN(CC(=O)O)CC(=O)O)N(CC(=O)O)[C@H](C)CN(CC(=O)O)CC(=O)O)cc1. The highest BCUT2D eigenvalue weighted by Crippen LogP contribution is 2.18. The molecule has 0 aliphatic carbocycles. The summed E-state index contributed by atoms with van der Waals surface area (Å²) < 4.78 is 5.43. The van der Waals surface area contributed by atoms with Crippen molar-refractivity contribution in [3.05, 3.63) is 29.8 Å². The number of hydrogen-bond acceptors (Lipinski definition) is 9. The topological polar surface area (TPSA) is 205 Å². The molecule has 0 saturated heterocycles.